The predicted octanol–water partition coefficient (Wildman–Crippen LogP) is 1.27. The lowest BCUT2D eigenvalue weighted by Gasteiger charge is -2.45. The number of hydrogen-bond donors (Lipinski definition) is 3. The van der Waals surface area contributed by atoms with Gasteiger partial charge in [-0.15, -0.1) is 0 Å². The number of aryl methyl sites for hydroxylation is 1. The number of H-pyrrole nitrogens is 1. The number of rotatable bonds is 4. The van der Waals surface area contributed by atoms with Gasteiger partial charge in [0.25, 0.3) is 5.91 Å². The number of aliphatic hydroxyl groups is 2. The first kappa shape index (κ1) is 16.5. The number of nitrogens with zero attached hydrogens (tertiary/aromatic N) is 2. The van der Waals surface area contributed by atoms with Crippen molar-refractivity contribution in [2.45, 2.75) is 58.0 Å². The Morgan fingerprint density at radius 2 is 2.22 bits per heavy atom. The molecule has 2 heterocycles. The van der Waals surface area contributed by atoms with Crippen LogP contribution in [0.5, 0.6) is 0 Å². The van der Waals surface area contributed by atoms with E-state index in [9.17, 15) is 15.0 Å². The van der Waals surface area contributed by atoms with E-state index in [1.807, 2.05) is 6.92 Å². The van der Waals surface area contributed by atoms with Gasteiger partial charge in [-0.2, -0.15) is 5.10 Å². The van der Waals surface area contributed by atoms with Crippen LogP contribution in [0.1, 0.15) is 60.8 Å². The van der Waals surface area contributed by atoms with E-state index < -0.39 is 11.5 Å². The molecule has 1 aromatic rings. The summed E-state index contributed by atoms with van der Waals surface area (Å²) in [6, 6.07) is 0. The van der Waals surface area contributed by atoms with Crippen LogP contribution in [-0.4, -0.2) is 57.0 Å². The molecule has 1 fully saturated rings. The quantitative estimate of drug-likeness (QED) is 0.779. The van der Waals surface area contributed by atoms with Crippen molar-refractivity contribution >= 4 is 5.91 Å². The Kier molecular flexibility index (Phi) is 4.73. The van der Waals surface area contributed by atoms with Crippen molar-refractivity contribution < 1.29 is 15.0 Å². The monoisotopic (exact) mass is 321 g/mol. The molecule has 1 aliphatic heterocycles. The summed E-state index contributed by atoms with van der Waals surface area (Å²) in [6.07, 6.45) is 5.66. The average molecular weight is 321 g/mol. The maximum absolute atomic E-state index is 12.9. The second-order valence-corrected chi connectivity index (χ2v) is 7.04. The van der Waals surface area contributed by atoms with Crippen LogP contribution in [0, 0.1) is 5.41 Å². The molecule has 0 unspecified atom stereocenters. The molecule has 0 spiro atoms. The lowest BCUT2D eigenvalue weighted by molar-refractivity contribution is -0.0721. The average Bonchev–Trinajstić information content (AvgIpc) is 3.00. The Morgan fingerprint density at radius 1 is 1.43 bits per heavy atom. The summed E-state index contributed by atoms with van der Waals surface area (Å²) in [4.78, 5) is 14.7. The van der Waals surface area contributed by atoms with E-state index >= 15 is 0 Å². The van der Waals surface area contributed by atoms with Crippen molar-refractivity contribution in [2.24, 2.45) is 5.41 Å². The molecule has 1 aromatic heterocycles. The van der Waals surface area contributed by atoms with Crippen LogP contribution in [0.15, 0.2) is 0 Å². The minimum Gasteiger partial charge on any atom is -0.396 e. The first-order chi connectivity index (χ1) is 11.1. The Labute approximate surface area is 136 Å². The van der Waals surface area contributed by atoms with Crippen molar-refractivity contribution in [3.05, 3.63) is 17.0 Å². The molecule has 23 heavy (non-hydrogen) atoms. The third-order valence-corrected chi connectivity index (χ3v) is 5.49. The van der Waals surface area contributed by atoms with E-state index in [4.69, 9.17) is 0 Å². The van der Waals surface area contributed by atoms with E-state index in [0.717, 1.165) is 43.4 Å². The summed E-state index contributed by atoms with van der Waals surface area (Å²) in [5.74, 6) is -0.0646. The second-order valence-electron chi connectivity index (χ2n) is 7.04. The third-order valence-electron chi connectivity index (χ3n) is 5.49. The molecule has 1 saturated heterocycles. The maximum atomic E-state index is 12.9. The van der Waals surface area contributed by atoms with Crippen LogP contribution in [0.25, 0.3) is 0 Å². The molecule has 3 N–H and O–H groups in total. The number of aliphatic hydroxyl groups excluding tert-OH is 2. The number of aromatic nitrogens is 2. The highest BCUT2D eigenvalue weighted by Crippen LogP contribution is 2.35. The van der Waals surface area contributed by atoms with Crippen molar-refractivity contribution in [2.75, 3.05) is 19.7 Å². The van der Waals surface area contributed by atoms with Crippen LogP contribution in [0.3, 0.4) is 0 Å². The molecule has 2 atom stereocenters. The van der Waals surface area contributed by atoms with Crippen LogP contribution in [0.2, 0.25) is 0 Å². The van der Waals surface area contributed by atoms with E-state index in [1.54, 1.807) is 4.90 Å². The normalized spacial score (nSPS) is 27.8. The molecule has 128 valence electrons. The number of amides is 1. The lowest BCUT2D eigenvalue weighted by atomic mass is 9.74. The molecule has 0 bridgehead atoms. The second kappa shape index (κ2) is 6.61. The summed E-state index contributed by atoms with van der Waals surface area (Å²) >= 11 is 0. The number of piperidine rings is 1. The molecular formula is C17H27N3O3. The Hall–Kier alpha value is -1.40. The molecule has 1 amide bonds. The van der Waals surface area contributed by atoms with E-state index in [-0.39, 0.29) is 12.5 Å². The fourth-order valence-electron chi connectivity index (χ4n) is 4.11. The topological polar surface area (TPSA) is 89.5 Å². The largest absolute Gasteiger partial charge is 0.396 e. The number of carbonyl (C=O) groups is 1. The number of aromatic amines is 1. The van der Waals surface area contributed by atoms with Gasteiger partial charge < -0.3 is 15.1 Å². The molecule has 0 aromatic carbocycles. The Bertz CT molecular complexity index is 571. The molecule has 0 radical (unpaired) electrons. The molecular weight excluding hydrogens is 294 g/mol. The van der Waals surface area contributed by atoms with Crippen molar-refractivity contribution in [3.8, 4) is 0 Å². The first-order valence-electron chi connectivity index (χ1n) is 8.75. The van der Waals surface area contributed by atoms with E-state index in [2.05, 4.69) is 10.2 Å². The molecule has 1 aliphatic carbocycles. The van der Waals surface area contributed by atoms with E-state index in [0.29, 0.717) is 31.6 Å². The standard InChI is InChI=1S/C17H27N3O3/c1-2-8-17(11-21)10-20(9-7-14(17)22)16(23)15-12-5-3-4-6-13(12)18-19-15/h14,21-22H,2-11H2,1H3,(H,18,19)/t14-,17+/m1/s1. The van der Waals surface area contributed by atoms with Crippen LogP contribution >= 0.6 is 0 Å². The van der Waals surface area contributed by atoms with Gasteiger partial charge in [-0.25, -0.2) is 0 Å². The SMILES string of the molecule is CCC[C@@]1(CO)CN(C(=O)c2n[nH]c3c2CCCC3)CC[C@H]1O. The highest BCUT2D eigenvalue weighted by Gasteiger charge is 2.43. The van der Waals surface area contributed by atoms with Crippen molar-refractivity contribution in [1.29, 1.82) is 0 Å². The molecule has 2 aliphatic rings. The van der Waals surface area contributed by atoms with Gasteiger partial charge in [0.05, 0.1) is 12.7 Å². The predicted molar refractivity (Wildman–Crippen MR) is 86.2 cm³/mol. The van der Waals surface area contributed by atoms with Gasteiger partial charge in [0.1, 0.15) is 0 Å². The van der Waals surface area contributed by atoms with E-state index in [1.165, 1.54) is 0 Å². The molecule has 6 nitrogen and oxygen atoms in total. The van der Waals surface area contributed by atoms with Crippen LogP contribution in [-0.2, 0) is 12.8 Å². The van der Waals surface area contributed by atoms with Gasteiger partial charge in [0.2, 0.25) is 0 Å². The first-order valence-corrected chi connectivity index (χ1v) is 8.75. The summed E-state index contributed by atoms with van der Waals surface area (Å²) in [5, 5.41) is 27.5. The zero-order valence-corrected chi connectivity index (χ0v) is 13.8. The zero-order chi connectivity index (χ0) is 16.4. The molecule has 3 rings (SSSR count). The van der Waals surface area contributed by atoms with Crippen molar-refractivity contribution in [1.82, 2.24) is 15.1 Å². The minimum absolute atomic E-state index is 0.0646. The molecule has 6 heteroatoms. The van der Waals surface area contributed by atoms with Gasteiger partial charge in [0, 0.05) is 29.8 Å². The smallest absolute Gasteiger partial charge is 0.274 e. The Balaban J connectivity index is 1.81. The van der Waals surface area contributed by atoms with Gasteiger partial charge >= 0.3 is 0 Å². The summed E-state index contributed by atoms with van der Waals surface area (Å²) < 4.78 is 0. The fraction of sp³-hybridized carbons (Fsp3) is 0.765. The summed E-state index contributed by atoms with van der Waals surface area (Å²) in [5.41, 5.74) is 2.11. The van der Waals surface area contributed by atoms with Gasteiger partial charge in [-0.05, 0) is 38.5 Å². The maximum Gasteiger partial charge on any atom is 0.274 e. The zero-order valence-electron chi connectivity index (χ0n) is 13.8. The lowest BCUT2D eigenvalue weighted by Crippen LogP contribution is -2.55. The van der Waals surface area contributed by atoms with Gasteiger partial charge in [0.15, 0.2) is 5.69 Å². The number of carbonyl (C=O) groups excluding carboxylic acids is 1. The van der Waals surface area contributed by atoms with Crippen LogP contribution in [0.4, 0.5) is 0 Å². The highest BCUT2D eigenvalue weighted by atomic mass is 16.3. The number of fused-ring (bicyclic) bond motifs is 1. The number of nitrogens with one attached hydrogen (secondary N) is 1. The van der Waals surface area contributed by atoms with Gasteiger partial charge in [-0.1, -0.05) is 13.3 Å². The summed E-state index contributed by atoms with van der Waals surface area (Å²) in [6.45, 7) is 2.87. The fourth-order valence-corrected chi connectivity index (χ4v) is 4.11. The summed E-state index contributed by atoms with van der Waals surface area (Å²) in [7, 11) is 0. The van der Waals surface area contributed by atoms with Gasteiger partial charge in [-0.3, -0.25) is 9.89 Å². The highest BCUT2D eigenvalue weighted by molar-refractivity contribution is 5.94. The molecule has 0 saturated carbocycles. The van der Waals surface area contributed by atoms with Crippen LogP contribution < -0.4 is 0 Å². The minimum atomic E-state index is -0.598. The van der Waals surface area contributed by atoms with Crippen molar-refractivity contribution in [3.63, 3.8) is 0 Å². The number of hydrogen-bond acceptors (Lipinski definition) is 4. The number of likely N-dealkylation sites (tertiary alicyclic amines) is 1. The Morgan fingerprint density at radius 3 is 2.96 bits per heavy atom. The third kappa shape index (κ3) is 2.90.